The normalized spacial score (nSPS) is 10.1. The van der Waals surface area contributed by atoms with Gasteiger partial charge in [-0.2, -0.15) is 0 Å². The van der Waals surface area contributed by atoms with Crippen molar-refractivity contribution in [3.8, 4) is 0 Å². The number of carbonyl (C=O) groups excluding carboxylic acids is 1. The summed E-state index contributed by atoms with van der Waals surface area (Å²) in [5.74, 6) is -0.397. The average molecular weight is 221 g/mol. The standard InChI is InChI=1S/C12H19N3O/c1-3-14-6-7-15-11-8-9(2)4-5-10(11)12(13)16/h4-5,8,14-15H,3,6-7H2,1-2H3,(H2,13,16). The van der Waals surface area contributed by atoms with Crippen LogP contribution < -0.4 is 16.4 Å². The predicted molar refractivity (Wildman–Crippen MR) is 66.7 cm³/mol. The fraction of sp³-hybridized carbons (Fsp3) is 0.417. The number of rotatable bonds is 6. The van der Waals surface area contributed by atoms with E-state index in [1.165, 1.54) is 0 Å². The van der Waals surface area contributed by atoms with E-state index in [9.17, 15) is 4.79 Å². The van der Waals surface area contributed by atoms with Crippen molar-refractivity contribution < 1.29 is 4.79 Å². The molecular formula is C12H19N3O. The minimum absolute atomic E-state index is 0.397. The third kappa shape index (κ3) is 3.55. The molecule has 4 nitrogen and oxygen atoms in total. The van der Waals surface area contributed by atoms with Gasteiger partial charge in [-0.05, 0) is 31.2 Å². The third-order valence-electron chi connectivity index (χ3n) is 2.31. The third-order valence-corrected chi connectivity index (χ3v) is 2.31. The van der Waals surface area contributed by atoms with Crippen LogP contribution in [0, 0.1) is 6.92 Å². The first-order valence-electron chi connectivity index (χ1n) is 5.50. The Kier molecular flexibility index (Phi) is 4.79. The molecule has 0 aliphatic heterocycles. The van der Waals surface area contributed by atoms with Gasteiger partial charge in [0.1, 0.15) is 0 Å². The summed E-state index contributed by atoms with van der Waals surface area (Å²) < 4.78 is 0. The zero-order valence-electron chi connectivity index (χ0n) is 9.84. The van der Waals surface area contributed by atoms with Crippen molar-refractivity contribution in [2.24, 2.45) is 5.73 Å². The Labute approximate surface area is 96.2 Å². The van der Waals surface area contributed by atoms with Crippen LogP contribution in [-0.2, 0) is 0 Å². The van der Waals surface area contributed by atoms with E-state index >= 15 is 0 Å². The predicted octanol–water partition coefficient (Wildman–Crippen LogP) is 1.12. The van der Waals surface area contributed by atoms with Crippen molar-refractivity contribution in [1.29, 1.82) is 0 Å². The van der Waals surface area contributed by atoms with E-state index in [1.54, 1.807) is 6.07 Å². The second-order valence-corrected chi connectivity index (χ2v) is 3.69. The van der Waals surface area contributed by atoms with Gasteiger partial charge in [-0.15, -0.1) is 0 Å². The van der Waals surface area contributed by atoms with Crippen LogP contribution in [0.25, 0.3) is 0 Å². The Morgan fingerprint density at radius 1 is 1.38 bits per heavy atom. The number of primary amides is 1. The summed E-state index contributed by atoms with van der Waals surface area (Å²) >= 11 is 0. The van der Waals surface area contributed by atoms with Crippen molar-refractivity contribution in [2.75, 3.05) is 25.0 Å². The number of carbonyl (C=O) groups is 1. The molecule has 0 atom stereocenters. The van der Waals surface area contributed by atoms with E-state index < -0.39 is 5.91 Å². The molecule has 1 aromatic rings. The van der Waals surface area contributed by atoms with E-state index in [1.807, 2.05) is 19.1 Å². The maximum atomic E-state index is 11.2. The van der Waals surface area contributed by atoms with E-state index in [-0.39, 0.29) is 0 Å². The molecule has 0 aliphatic carbocycles. The highest BCUT2D eigenvalue weighted by Crippen LogP contribution is 2.16. The Bertz CT molecular complexity index is 363. The van der Waals surface area contributed by atoms with E-state index in [2.05, 4.69) is 17.6 Å². The maximum absolute atomic E-state index is 11.2. The summed E-state index contributed by atoms with van der Waals surface area (Å²) in [6.07, 6.45) is 0. The highest BCUT2D eigenvalue weighted by atomic mass is 16.1. The van der Waals surface area contributed by atoms with Crippen molar-refractivity contribution >= 4 is 11.6 Å². The fourth-order valence-corrected chi connectivity index (χ4v) is 1.48. The van der Waals surface area contributed by atoms with Gasteiger partial charge in [0.15, 0.2) is 0 Å². The Balaban J connectivity index is 2.68. The Hall–Kier alpha value is -1.55. The smallest absolute Gasteiger partial charge is 0.250 e. The molecule has 0 bridgehead atoms. The average Bonchev–Trinajstić information content (AvgIpc) is 2.24. The minimum atomic E-state index is -0.397. The van der Waals surface area contributed by atoms with Crippen LogP contribution in [0.1, 0.15) is 22.8 Å². The molecule has 1 amide bonds. The molecule has 16 heavy (non-hydrogen) atoms. The van der Waals surface area contributed by atoms with Crippen LogP contribution in [0.5, 0.6) is 0 Å². The van der Waals surface area contributed by atoms with Gasteiger partial charge >= 0.3 is 0 Å². The van der Waals surface area contributed by atoms with Gasteiger partial charge in [-0.1, -0.05) is 13.0 Å². The lowest BCUT2D eigenvalue weighted by molar-refractivity contribution is 0.100. The molecule has 1 aromatic carbocycles. The number of aryl methyl sites for hydroxylation is 1. The molecule has 0 fully saturated rings. The first kappa shape index (κ1) is 12.5. The van der Waals surface area contributed by atoms with Crippen LogP contribution in [0.3, 0.4) is 0 Å². The molecule has 0 spiro atoms. The second-order valence-electron chi connectivity index (χ2n) is 3.69. The Morgan fingerprint density at radius 2 is 2.12 bits per heavy atom. The lowest BCUT2D eigenvalue weighted by Gasteiger charge is -2.11. The summed E-state index contributed by atoms with van der Waals surface area (Å²) in [5, 5.41) is 6.41. The molecule has 4 N–H and O–H groups in total. The first-order chi connectivity index (χ1) is 7.65. The van der Waals surface area contributed by atoms with Gasteiger partial charge < -0.3 is 16.4 Å². The van der Waals surface area contributed by atoms with Gasteiger partial charge in [0.25, 0.3) is 5.91 Å². The van der Waals surface area contributed by atoms with E-state index in [4.69, 9.17) is 5.73 Å². The number of nitrogens with two attached hydrogens (primary N) is 1. The van der Waals surface area contributed by atoms with Crippen molar-refractivity contribution in [1.82, 2.24) is 5.32 Å². The SMILES string of the molecule is CCNCCNc1cc(C)ccc1C(N)=O. The minimum Gasteiger partial charge on any atom is -0.383 e. The topological polar surface area (TPSA) is 67.2 Å². The van der Waals surface area contributed by atoms with Gasteiger partial charge in [0, 0.05) is 18.8 Å². The summed E-state index contributed by atoms with van der Waals surface area (Å²) in [7, 11) is 0. The molecule has 0 saturated carbocycles. The number of amides is 1. The van der Waals surface area contributed by atoms with Gasteiger partial charge in [0.2, 0.25) is 0 Å². The van der Waals surface area contributed by atoms with Crippen LogP contribution >= 0.6 is 0 Å². The van der Waals surface area contributed by atoms with E-state index in [0.29, 0.717) is 5.56 Å². The monoisotopic (exact) mass is 221 g/mol. The molecule has 0 unspecified atom stereocenters. The number of nitrogens with one attached hydrogen (secondary N) is 2. The molecule has 88 valence electrons. The highest BCUT2D eigenvalue weighted by molar-refractivity contribution is 5.98. The molecule has 1 rings (SSSR count). The summed E-state index contributed by atoms with van der Waals surface area (Å²) in [6.45, 7) is 6.63. The van der Waals surface area contributed by atoms with Gasteiger partial charge in [-0.25, -0.2) is 0 Å². The van der Waals surface area contributed by atoms with Crippen LogP contribution in [0.4, 0.5) is 5.69 Å². The van der Waals surface area contributed by atoms with Crippen molar-refractivity contribution in [3.05, 3.63) is 29.3 Å². The van der Waals surface area contributed by atoms with Crippen molar-refractivity contribution in [3.63, 3.8) is 0 Å². The molecule has 0 radical (unpaired) electrons. The molecule has 0 heterocycles. The number of hydrogen-bond acceptors (Lipinski definition) is 3. The van der Waals surface area contributed by atoms with Gasteiger partial charge in [0.05, 0.1) is 5.56 Å². The number of benzene rings is 1. The number of anilines is 1. The van der Waals surface area contributed by atoms with E-state index in [0.717, 1.165) is 30.9 Å². The van der Waals surface area contributed by atoms with Crippen molar-refractivity contribution in [2.45, 2.75) is 13.8 Å². The highest BCUT2D eigenvalue weighted by Gasteiger charge is 2.07. The summed E-state index contributed by atoms with van der Waals surface area (Å²) in [6, 6.07) is 5.58. The quantitative estimate of drug-likeness (QED) is 0.630. The molecular weight excluding hydrogens is 202 g/mol. The number of hydrogen-bond donors (Lipinski definition) is 3. The molecule has 0 aliphatic rings. The van der Waals surface area contributed by atoms with Gasteiger partial charge in [-0.3, -0.25) is 4.79 Å². The van der Waals surface area contributed by atoms with Crippen LogP contribution in [0.2, 0.25) is 0 Å². The lowest BCUT2D eigenvalue weighted by atomic mass is 10.1. The summed E-state index contributed by atoms with van der Waals surface area (Å²) in [5.41, 5.74) is 7.76. The lowest BCUT2D eigenvalue weighted by Crippen LogP contribution is -2.23. The first-order valence-corrected chi connectivity index (χ1v) is 5.50. The summed E-state index contributed by atoms with van der Waals surface area (Å²) in [4.78, 5) is 11.2. The largest absolute Gasteiger partial charge is 0.383 e. The molecule has 4 heteroatoms. The van der Waals surface area contributed by atoms with Crippen LogP contribution in [0.15, 0.2) is 18.2 Å². The molecule has 0 saturated heterocycles. The zero-order valence-corrected chi connectivity index (χ0v) is 9.84. The zero-order chi connectivity index (χ0) is 12.0. The second kappa shape index (κ2) is 6.12. The maximum Gasteiger partial charge on any atom is 0.250 e. The fourth-order valence-electron chi connectivity index (χ4n) is 1.48. The number of likely N-dealkylation sites (N-methyl/N-ethyl adjacent to an activating group) is 1. The Morgan fingerprint density at radius 3 is 2.75 bits per heavy atom. The molecule has 0 aromatic heterocycles. The van der Waals surface area contributed by atoms with Crippen LogP contribution in [-0.4, -0.2) is 25.5 Å².